The van der Waals surface area contributed by atoms with Gasteiger partial charge in [0.05, 0.1) is 13.2 Å². The van der Waals surface area contributed by atoms with Gasteiger partial charge in [-0.3, -0.25) is 4.79 Å². The third-order valence-electron chi connectivity index (χ3n) is 3.04. The van der Waals surface area contributed by atoms with Crippen molar-refractivity contribution in [2.45, 2.75) is 26.8 Å². The molecule has 0 N–H and O–H groups in total. The number of amides is 1. The lowest BCUT2D eigenvalue weighted by molar-refractivity contribution is -0.150. The van der Waals surface area contributed by atoms with Gasteiger partial charge >= 0.3 is 5.97 Å². The quantitative estimate of drug-likeness (QED) is 0.689. The molecule has 1 atom stereocenters. The molecule has 0 aliphatic carbocycles. The second kappa shape index (κ2) is 9.13. The van der Waals surface area contributed by atoms with E-state index in [9.17, 15) is 9.59 Å². The highest BCUT2D eigenvalue weighted by molar-refractivity contribution is 5.96. The van der Waals surface area contributed by atoms with Crippen LogP contribution in [0, 0.1) is 0 Å². The van der Waals surface area contributed by atoms with E-state index < -0.39 is 12.0 Å². The van der Waals surface area contributed by atoms with E-state index in [2.05, 4.69) is 0 Å². The van der Waals surface area contributed by atoms with Crippen LogP contribution in [0.5, 0.6) is 0 Å². The molecule has 0 heterocycles. The van der Waals surface area contributed by atoms with Gasteiger partial charge < -0.3 is 14.4 Å². The first kappa shape index (κ1) is 17.2. The van der Waals surface area contributed by atoms with Crippen LogP contribution in [0.15, 0.2) is 30.3 Å². The Balaban J connectivity index is 2.94. The van der Waals surface area contributed by atoms with Gasteiger partial charge in [-0.25, -0.2) is 4.79 Å². The van der Waals surface area contributed by atoms with Gasteiger partial charge in [0.25, 0.3) is 5.91 Å². The Morgan fingerprint density at radius 2 is 1.76 bits per heavy atom. The number of likely N-dealkylation sites (N-methyl/N-ethyl adjacent to an activating group) is 1. The first-order valence-electron chi connectivity index (χ1n) is 7.26. The molecular formula is C16H23NO4. The molecule has 0 saturated heterocycles. The number of benzene rings is 1. The number of carbonyl (C=O) groups is 2. The zero-order valence-corrected chi connectivity index (χ0v) is 12.9. The molecule has 1 rings (SSSR count). The van der Waals surface area contributed by atoms with E-state index in [0.29, 0.717) is 18.7 Å². The lowest BCUT2D eigenvalue weighted by Crippen LogP contribution is -2.48. The number of esters is 1. The number of hydrogen-bond acceptors (Lipinski definition) is 4. The van der Waals surface area contributed by atoms with Crippen LogP contribution in [0.3, 0.4) is 0 Å². The van der Waals surface area contributed by atoms with Crippen LogP contribution in [0.2, 0.25) is 0 Å². The second-order valence-electron chi connectivity index (χ2n) is 4.38. The molecule has 5 nitrogen and oxygen atoms in total. The molecule has 0 radical (unpaired) electrons. The molecule has 0 aliphatic rings. The molecule has 21 heavy (non-hydrogen) atoms. The predicted octanol–water partition coefficient (Wildman–Crippen LogP) is 2.12. The first-order chi connectivity index (χ1) is 10.2. The van der Waals surface area contributed by atoms with Gasteiger partial charge in [0.1, 0.15) is 0 Å². The summed E-state index contributed by atoms with van der Waals surface area (Å²) in [5.74, 6) is -0.632. The zero-order valence-electron chi connectivity index (χ0n) is 12.9. The molecule has 1 aromatic carbocycles. The summed E-state index contributed by atoms with van der Waals surface area (Å²) in [5, 5.41) is 0. The van der Waals surface area contributed by atoms with Crippen LogP contribution in [-0.2, 0) is 14.3 Å². The van der Waals surface area contributed by atoms with Gasteiger partial charge in [0.2, 0.25) is 0 Å². The fourth-order valence-electron chi connectivity index (χ4n) is 2.01. The third-order valence-corrected chi connectivity index (χ3v) is 3.04. The van der Waals surface area contributed by atoms with Crippen LogP contribution in [0.4, 0.5) is 0 Å². The van der Waals surface area contributed by atoms with Crippen molar-refractivity contribution >= 4 is 11.9 Å². The Labute approximate surface area is 125 Å². The maximum absolute atomic E-state index is 12.6. The molecule has 0 aliphatic heterocycles. The number of rotatable bonds is 8. The van der Waals surface area contributed by atoms with Crippen LogP contribution in [0.25, 0.3) is 0 Å². The summed E-state index contributed by atoms with van der Waals surface area (Å²) >= 11 is 0. The predicted molar refractivity (Wildman–Crippen MR) is 80.1 cm³/mol. The molecule has 1 unspecified atom stereocenters. The van der Waals surface area contributed by atoms with Crippen LogP contribution in [0.1, 0.15) is 31.1 Å². The Morgan fingerprint density at radius 1 is 1.10 bits per heavy atom. The van der Waals surface area contributed by atoms with Crippen molar-refractivity contribution in [1.29, 1.82) is 0 Å². The molecule has 1 amide bonds. The lowest BCUT2D eigenvalue weighted by Gasteiger charge is -2.29. The molecule has 0 aromatic heterocycles. The maximum Gasteiger partial charge on any atom is 0.331 e. The average molecular weight is 293 g/mol. The van der Waals surface area contributed by atoms with Crippen LogP contribution in [-0.4, -0.2) is 49.2 Å². The molecule has 0 fully saturated rings. The zero-order chi connectivity index (χ0) is 15.7. The van der Waals surface area contributed by atoms with Crippen LogP contribution < -0.4 is 0 Å². The van der Waals surface area contributed by atoms with Crippen molar-refractivity contribution in [2.24, 2.45) is 0 Å². The molecule has 1 aromatic rings. The Bertz CT molecular complexity index is 447. The van der Waals surface area contributed by atoms with Crippen molar-refractivity contribution in [1.82, 2.24) is 4.90 Å². The molecule has 5 heteroatoms. The molecule has 0 spiro atoms. The summed E-state index contributed by atoms with van der Waals surface area (Å²) < 4.78 is 10.4. The Hall–Kier alpha value is -1.88. The van der Waals surface area contributed by atoms with Gasteiger partial charge in [-0.1, -0.05) is 18.2 Å². The monoisotopic (exact) mass is 293 g/mol. The standard InChI is InChI=1S/C16H23NO4/c1-4-17(15(18)13-10-8-7-9-11-13)14(12-20-5-2)16(19)21-6-3/h7-11,14H,4-6,12H2,1-3H3. The van der Waals surface area contributed by atoms with Gasteiger partial charge in [-0.05, 0) is 32.9 Å². The minimum atomic E-state index is -0.720. The van der Waals surface area contributed by atoms with Crippen LogP contribution >= 0.6 is 0 Å². The van der Waals surface area contributed by atoms with E-state index in [1.807, 2.05) is 19.9 Å². The summed E-state index contributed by atoms with van der Waals surface area (Å²) in [6, 6.07) is 8.17. The molecule has 0 saturated carbocycles. The highest BCUT2D eigenvalue weighted by Gasteiger charge is 2.30. The lowest BCUT2D eigenvalue weighted by atomic mass is 10.1. The number of hydrogen-bond donors (Lipinski definition) is 0. The number of carbonyl (C=O) groups excluding carboxylic acids is 2. The summed E-state index contributed by atoms with van der Waals surface area (Å²) in [7, 11) is 0. The highest BCUT2D eigenvalue weighted by atomic mass is 16.5. The third kappa shape index (κ3) is 4.86. The van der Waals surface area contributed by atoms with Crippen molar-refractivity contribution in [3.63, 3.8) is 0 Å². The normalized spacial score (nSPS) is 11.8. The average Bonchev–Trinajstić information content (AvgIpc) is 2.52. The smallest absolute Gasteiger partial charge is 0.331 e. The second-order valence-corrected chi connectivity index (χ2v) is 4.38. The van der Waals surface area contributed by atoms with Crippen molar-refractivity contribution in [3.05, 3.63) is 35.9 Å². The largest absolute Gasteiger partial charge is 0.464 e. The number of nitrogens with zero attached hydrogens (tertiary/aromatic N) is 1. The van der Waals surface area contributed by atoms with Gasteiger partial charge in [-0.2, -0.15) is 0 Å². The van der Waals surface area contributed by atoms with E-state index in [-0.39, 0.29) is 19.1 Å². The van der Waals surface area contributed by atoms with E-state index in [1.165, 1.54) is 4.90 Å². The minimum absolute atomic E-state index is 0.141. The maximum atomic E-state index is 12.6. The van der Waals surface area contributed by atoms with Gasteiger partial charge in [-0.15, -0.1) is 0 Å². The van der Waals surface area contributed by atoms with E-state index >= 15 is 0 Å². The Kier molecular flexibility index (Phi) is 7.46. The number of ether oxygens (including phenoxy) is 2. The van der Waals surface area contributed by atoms with Gasteiger partial charge in [0.15, 0.2) is 6.04 Å². The highest BCUT2D eigenvalue weighted by Crippen LogP contribution is 2.10. The molecule has 116 valence electrons. The fourth-order valence-corrected chi connectivity index (χ4v) is 2.01. The van der Waals surface area contributed by atoms with Crippen molar-refractivity contribution in [2.75, 3.05) is 26.4 Å². The van der Waals surface area contributed by atoms with E-state index in [0.717, 1.165) is 0 Å². The molecule has 0 bridgehead atoms. The van der Waals surface area contributed by atoms with E-state index in [4.69, 9.17) is 9.47 Å². The SMILES string of the molecule is CCOCC(C(=O)OCC)N(CC)C(=O)c1ccccc1. The van der Waals surface area contributed by atoms with Crippen molar-refractivity contribution < 1.29 is 19.1 Å². The summed E-state index contributed by atoms with van der Waals surface area (Å²) in [4.78, 5) is 26.1. The molecular weight excluding hydrogens is 270 g/mol. The van der Waals surface area contributed by atoms with E-state index in [1.54, 1.807) is 31.2 Å². The summed E-state index contributed by atoms with van der Waals surface area (Å²) in [5.41, 5.74) is 0.546. The van der Waals surface area contributed by atoms with Crippen molar-refractivity contribution in [3.8, 4) is 0 Å². The topological polar surface area (TPSA) is 55.8 Å². The Morgan fingerprint density at radius 3 is 2.29 bits per heavy atom. The summed E-state index contributed by atoms with van der Waals surface area (Å²) in [6.07, 6.45) is 0. The first-order valence-corrected chi connectivity index (χ1v) is 7.26. The summed E-state index contributed by atoms with van der Waals surface area (Å²) in [6.45, 7) is 6.72. The fraction of sp³-hybridized carbons (Fsp3) is 0.500. The minimum Gasteiger partial charge on any atom is -0.464 e. The van der Waals surface area contributed by atoms with Gasteiger partial charge in [0, 0.05) is 18.7 Å².